The molecule has 1 unspecified atom stereocenters. The summed E-state index contributed by atoms with van der Waals surface area (Å²) in [6, 6.07) is 3.95. The first kappa shape index (κ1) is 12.0. The van der Waals surface area contributed by atoms with Gasteiger partial charge in [0, 0.05) is 32.0 Å². The van der Waals surface area contributed by atoms with Crippen molar-refractivity contribution in [2.45, 2.75) is 19.1 Å². The Morgan fingerprint density at radius 1 is 1.53 bits per heavy atom. The summed E-state index contributed by atoms with van der Waals surface area (Å²) in [5, 5.41) is 8.73. The Bertz CT molecular complexity index is 369. The number of morpholine rings is 1. The van der Waals surface area contributed by atoms with Gasteiger partial charge in [0.15, 0.2) is 0 Å². The normalized spacial score (nSPS) is 21.3. The third kappa shape index (κ3) is 3.80. The molecule has 5 heteroatoms. The zero-order chi connectivity index (χ0) is 12.1. The number of carbonyl (C=O) groups is 1. The molecule has 5 nitrogen and oxygen atoms in total. The van der Waals surface area contributed by atoms with Crippen LogP contribution in [0.4, 0.5) is 0 Å². The summed E-state index contributed by atoms with van der Waals surface area (Å²) in [4.78, 5) is 16.8. The predicted octanol–water partition coefficient (Wildman–Crippen LogP) is 0.757. The van der Waals surface area contributed by atoms with Gasteiger partial charge in [0.2, 0.25) is 0 Å². The average molecular weight is 236 g/mol. The molecule has 1 aliphatic rings. The number of pyridine rings is 1. The lowest BCUT2D eigenvalue weighted by molar-refractivity contribution is -0.142. The fourth-order valence-corrected chi connectivity index (χ4v) is 1.99. The molecule has 1 N–H and O–H groups in total. The highest BCUT2D eigenvalue weighted by Crippen LogP contribution is 2.12. The molecule has 0 saturated carbocycles. The van der Waals surface area contributed by atoms with E-state index in [1.807, 2.05) is 12.1 Å². The lowest BCUT2D eigenvalue weighted by Crippen LogP contribution is -2.42. The molecule has 1 aliphatic heterocycles. The van der Waals surface area contributed by atoms with Crippen LogP contribution in [0.3, 0.4) is 0 Å². The quantitative estimate of drug-likeness (QED) is 0.836. The van der Waals surface area contributed by atoms with Gasteiger partial charge in [-0.05, 0) is 17.7 Å². The number of hydrogen-bond donors (Lipinski definition) is 1. The number of rotatable bonds is 4. The summed E-state index contributed by atoms with van der Waals surface area (Å²) in [5.41, 5.74) is 1.19. The standard InChI is InChI=1S/C12H16N2O3/c15-12(16)7-11-9-14(5-6-17-11)8-10-1-3-13-4-2-10/h1-4,11H,5-9H2,(H,15,16). The molecule has 92 valence electrons. The molecule has 1 aromatic heterocycles. The van der Waals surface area contributed by atoms with E-state index in [1.165, 1.54) is 5.56 Å². The second-order valence-corrected chi connectivity index (χ2v) is 4.18. The monoisotopic (exact) mass is 236 g/mol. The van der Waals surface area contributed by atoms with Crippen LogP contribution >= 0.6 is 0 Å². The maximum atomic E-state index is 10.6. The van der Waals surface area contributed by atoms with Crippen molar-refractivity contribution >= 4 is 5.97 Å². The van der Waals surface area contributed by atoms with E-state index >= 15 is 0 Å². The highest BCUT2D eigenvalue weighted by atomic mass is 16.5. The third-order valence-electron chi connectivity index (χ3n) is 2.78. The number of aliphatic carboxylic acids is 1. The number of aromatic nitrogens is 1. The highest BCUT2D eigenvalue weighted by molar-refractivity contribution is 5.67. The molecule has 0 aliphatic carbocycles. The fourth-order valence-electron chi connectivity index (χ4n) is 1.99. The lowest BCUT2D eigenvalue weighted by Gasteiger charge is -2.32. The first-order valence-corrected chi connectivity index (χ1v) is 5.68. The van der Waals surface area contributed by atoms with E-state index in [4.69, 9.17) is 9.84 Å². The van der Waals surface area contributed by atoms with E-state index in [0.29, 0.717) is 13.2 Å². The van der Waals surface area contributed by atoms with Crippen LogP contribution in [0.2, 0.25) is 0 Å². The molecule has 0 spiro atoms. The Kier molecular flexibility index (Phi) is 4.06. The zero-order valence-corrected chi connectivity index (χ0v) is 9.58. The van der Waals surface area contributed by atoms with Crippen molar-refractivity contribution < 1.29 is 14.6 Å². The largest absolute Gasteiger partial charge is 0.481 e. The van der Waals surface area contributed by atoms with E-state index < -0.39 is 5.97 Å². The van der Waals surface area contributed by atoms with Crippen molar-refractivity contribution in [3.63, 3.8) is 0 Å². The van der Waals surface area contributed by atoms with Crippen LogP contribution in [0.1, 0.15) is 12.0 Å². The first-order chi connectivity index (χ1) is 8.24. The summed E-state index contributed by atoms with van der Waals surface area (Å²) >= 11 is 0. The van der Waals surface area contributed by atoms with E-state index in [1.54, 1.807) is 12.4 Å². The minimum absolute atomic E-state index is 0.0762. The summed E-state index contributed by atoms with van der Waals surface area (Å²) in [6.07, 6.45) is 3.42. The second kappa shape index (κ2) is 5.75. The molecule has 1 fully saturated rings. The number of ether oxygens (including phenoxy) is 1. The Morgan fingerprint density at radius 2 is 2.29 bits per heavy atom. The SMILES string of the molecule is O=C(O)CC1CN(Cc2ccncc2)CCO1. The zero-order valence-electron chi connectivity index (χ0n) is 9.58. The van der Waals surface area contributed by atoms with Crippen LogP contribution in [-0.4, -0.2) is 46.8 Å². The molecule has 1 saturated heterocycles. The van der Waals surface area contributed by atoms with E-state index in [2.05, 4.69) is 9.88 Å². The van der Waals surface area contributed by atoms with Gasteiger partial charge in [-0.2, -0.15) is 0 Å². The smallest absolute Gasteiger partial charge is 0.306 e. The Balaban J connectivity index is 1.87. The minimum Gasteiger partial charge on any atom is -0.481 e. The van der Waals surface area contributed by atoms with Crippen molar-refractivity contribution in [3.8, 4) is 0 Å². The van der Waals surface area contributed by atoms with Gasteiger partial charge >= 0.3 is 5.97 Å². The van der Waals surface area contributed by atoms with Crippen molar-refractivity contribution in [1.29, 1.82) is 0 Å². The van der Waals surface area contributed by atoms with Gasteiger partial charge in [0.05, 0.1) is 19.1 Å². The summed E-state index contributed by atoms with van der Waals surface area (Å²) in [7, 11) is 0. The van der Waals surface area contributed by atoms with Crippen LogP contribution in [0.25, 0.3) is 0 Å². The van der Waals surface area contributed by atoms with Gasteiger partial charge < -0.3 is 9.84 Å². The third-order valence-corrected chi connectivity index (χ3v) is 2.78. The van der Waals surface area contributed by atoms with Crippen LogP contribution in [-0.2, 0) is 16.1 Å². The van der Waals surface area contributed by atoms with Gasteiger partial charge in [-0.15, -0.1) is 0 Å². The van der Waals surface area contributed by atoms with Crippen LogP contribution in [0.5, 0.6) is 0 Å². The molecular weight excluding hydrogens is 220 g/mol. The molecule has 17 heavy (non-hydrogen) atoms. The predicted molar refractivity (Wildman–Crippen MR) is 61.5 cm³/mol. The molecule has 0 bridgehead atoms. The van der Waals surface area contributed by atoms with Crippen LogP contribution in [0.15, 0.2) is 24.5 Å². The van der Waals surface area contributed by atoms with E-state index in [9.17, 15) is 4.79 Å². The van der Waals surface area contributed by atoms with E-state index in [0.717, 1.165) is 13.1 Å². The number of carboxylic acid groups (broad SMARTS) is 1. The van der Waals surface area contributed by atoms with Gasteiger partial charge in [-0.25, -0.2) is 0 Å². The molecule has 1 atom stereocenters. The van der Waals surface area contributed by atoms with E-state index in [-0.39, 0.29) is 12.5 Å². The number of hydrogen-bond acceptors (Lipinski definition) is 4. The Morgan fingerprint density at radius 3 is 3.00 bits per heavy atom. The van der Waals surface area contributed by atoms with Gasteiger partial charge in [-0.3, -0.25) is 14.7 Å². The maximum absolute atomic E-state index is 10.6. The summed E-state index contributed by atoms with van der Waals surface area (Å²) < 4.78 is 5.42. The molecule has 0 aromatic carbocycles. The van der Waals surface area contributed by atoms with Crippen molar-refractivity contribution in [1.82, 2.24) is 9.88 Å². The molecule has 2 rings (SSSR count). The number of nitrogens with zero attached hydrogens (tertiary/aromatic N) is 2. The molecule has 2 heterocycles. The molecule has 0 radical (unpaired) electrons. The molecule has 0 amide bonds. The number of carboxylic acids is 1. The van der Waals surface area contributed by atoms with Gasteiger partial charge in [0.25, 0.3) is 0 Å². The van der Waals surface area contributed by atoms with Crippen LogP contribution < -0.4 is 0 Å². The first-order valence-electron chi connectivity index (χ1n) is 5.68. The minimum atomic E-state index is -0.805. The average Bonchev–Trinajstić information content (AvgIpc) is 2.30. The van der Waals surface area contributed by atoms with Crippen LogP contribution in [0, 0.1) is 0 Å². The van der Waals surface area contributed by atoms with Gasteiger partial charge in [-0.1, -0.05) is 0 Å². The Labute approximate surface area is 100 Å². The fraction of sp³-hybridized carbons (Fsp3) is 0.500. The topological polar surface area (TPSA) is 62.7 Å². The van der Waals surface area contributed by atoms with Crippen molar-refractivity contribution in [2.24, 2.45) is 0 Å². The molecular formula is C12H16N2O3. The second-order valence-electron chi connectivity index (χ2n) is 4.18. The lowest BCUT2D eigenvalue weighted by atomic mass is 10.2. The maximum Gasteiger partial charge on any atom is 0.306 e. The molecule has 1 aromatic rings. The van der Waals surface area contributed by atoms with Crippen molar-refractivity contribution in [2.75, 3.05) is 19.7 Å². The van der Waals surface area contributed by atoms with Crippen molar-refractivity contribution in [3.05, 3.63) is 30.1 Å². The van der Waals surface area contributed by atoms with Gasteiger partial charge in [0.1, 0.15) is 0 Å². The summed E-state index contributed by atoms with van der Waals surface area (Å²) in [6.45, 7) is 2.94. The summed E-state index contributed by atoms with van der Waals surface area (Å²) in [5.74, 6) is -0.805. The highest BCUT2D eigenvalue weighted by Gasteiger charge is 2.22. The Hall–Kier alpha value is -1.46.